The first kappa shape index (κ1) is 15.7. The summed E-state index contributed by atoms with van der Waals surface area (Å²) < 4.78 is 0. The Balaban J connectivity index is 2.19. The van der Waals surface area contributed by atoms with Crippen molar-refractivity contribution in [2.24, 2.45) is 0 Å². The fourth-order valence-corrected chi connectivity index (χ4v) is 6.27. The molecule has 0 fully saturated rings. The summed E-state index contributed by atoms with van der Waals surface area (Å²) in [6, 6.07) is 18.5. The molecule has 4 rings (SSSR count). The Kier molecular flexibility index (Phi) is 3.49. The molecule has 0 spiro atoms. The van der Waals surface area contributed by atoms with Crippen LogP contribution in [-0.4, -0.2) is 0 Å². The van der Waals surface area contributed by atoms with E-state index in [0.717, 1.165) is 12.8 Å². The highest BCUT2D eigenvalue weighted by Gasteiger charge is 2.65. The van der Waals surface area contributed by atoms with Crippen LogP contribution in [0.15, 0.2) is 54.1 Å². The van der Waals surface area contributed by atoms with Crippen molar-refractivity contribution >= 4 is 5.57 Å². The van der Waals surface area contributed by atoms with Gasteiger partial charge in [0.15, 0.2) is 0 Å². The Morgan fingerprint density at radius 1 is 0.625 bits per heavy atom. The summed E-state index contributed by atoms with van der Waals surface area (Å²) in [6.45, 7) is 9.48. The zero-order chi connectivity index (χ0) is 16.9. The third-order valence-corrected chi connectivity index (χ3v) is 6.93. The molecular formula is C24H28. The van der Waals surface area contributed by atoms with E-state index in [9.17, 15) is 0 Å². The fourth-order valence-electron chi connectivity index (χ4n) is 6.27. The molecule has 2 aromatic rings. The van der Waals surface area contributed by atoms with Crippen molar-refractivity contribution in [2.75, 3.05) is 0 Å². The van der Waals surface area contributed by atoms with E-state index in [0.29, 0.717) is 0 Å². The van der Waals surface area contributed by atoms with Crippen molar-refractivity contribution < 1.29 is 0 Å². The Hall–Kier alpha value is -1.82. The Morgan fingerprint density at radius 2 is 1.17 bits per heavy atom. The van der Waals surface area contributed by atoms with Gasteiger partial charge < -0.3 is 0 Å². The van der Waals surface area contributed by atoms with Crippen LogP contribution in [0.4, 0.5) is 0 Å². The first-order valence-electron chi connectivity index (χ1n) is 9.65. The molecule has 0 radical (unpaired) electrons. The number of benzene rings is 2. The van der Waals surface area contributed by atoms with E-state index in [4.69, 9.17) is 0 Å². The van der Waals surface area contributed by atoms with Crippen molar-refractivity contribution in [2.45, 2.75) is 64.2 Å². The maximum absolute atomic E-state index is 2.40. The minimum atomic E-state index is 0.166. The maximum atomic E-state index is 2.40. The molecule has 124 valence electrons. The van der Waals surface area contributed by atoms with Gasteiger partial charge in [0, 0.05) is 10.8 Å². The molecule has 0 N–H and O–H groups in total. The lowest BCUT2D eigenvalue weighted by molar-refractivity contribution is 0.215. The molecule has 0 saturated carbocycles. The van der Waals surface area contributed by atoms with Gasteiger partial charge in [0.2, 0.25) is 0 Å². The molecule has 0 nitrogen and oxygen atoms in total. The average molecular weight is 316 g/mol. The predicted octanol–water partition coefficient (Wildman–Crippen LogP) is 6.63. The number of rotatable bonds is 4. The summed E-state index contributed by atoms with van der Waals surface area (Å²) in [5, 5.41) is 0. The van der Waals surface area contributed by atoms with E-state index in [1.165, 1.54) is 18.4 Å². The van der Waals surface area contributed by atoms with Crippen molar-refractivity contribution in [1.82, 2.24) is 0 Å². The SMILES string of the molecule is CCC1=C(CC)C2(CC)c3ccccc3C2(CC)c2ccccc21. The minimum Gasteiger partial charge on any atom is -0.0642 e. The van der Waals surface area contributed by atoms with Gasteiger partial charge in [-0.25, -0.2) is 0 Å². The van der Waals surface area contributed by atoms with E-state index in [2.05, 4.69) is 76.2 Å². The second-order valence-electron chi connectivity index (χ2n) is 7.27. The molecule has 2 unspecified atom stereocenters. The van der Waals surface area contributed by atoms with E-state index in [-0.39, 0.29) is 10.8 Å². The lowest BCUT2D eigenvalue weighted by atomic mass is 9.37. The molecule has 2 atom stereocenters. The van der Waals surface area contributed by atoms with Gasteiger partial charge in [0.25, 0.3) is 0 Å². The summed E-state index contributed by atoms with van der Waals surface area (Å²) in [5.41, 5.74) is 9.92. The van der Waals surface area contributed by atoms with Gasteiger partial charge in [-0.2, -0.15) is 0 Å². The van der Waals surface area contributed by atoms with Crippen molar-refractivity contribution in [3.05, 3.63) is 76.4 Å². The summed E-state index contributed by atoms with van der Waals surface area (Å²) in [6.07, 6.45) is 4.65. The lowest BCUT2D eigenvalue weighted by Gasteiger charge is -2.65. The quantitative estimate of drug-likeness (QED) is 0.593. The van der Waals surface area contributed by atoms with E-state index < -0.39 is 0 Å². The van der Waals surface area contributed by atoms with Crippen LogP contribution in [0.1, 0.15) is 75.6 Å². The molecule has 0 bridgehead atoms. The van der Waals surface area contributed by atoms with Gasteiger partial charge >= 0.3 is 0 Å². The maximum Gasteiger partial charge on any atom is 0.0343 e. The number of hydrogen-bond donors (Lipinski definition) is 0. The van der Waals surface area contributed by atoms with Crippen LogP contribution in [-0.2, 0) is 10.8 Å². The average Bonchev–Trinajstić information content (AvgIpc) is 2.64. The van der Waals surface area contributed by atoms with Crippen LogP contribution in [0.25, 0.3) is 5.57 Å². The van der Waals surface area contributed by atoms with Gasteiger partial charge in [-0.05, 0) is 53.5 Å². The summed E-state index contributed by atoms with van der Waals surface area (Å²) >= 11 is 0. The van der Waals surface area contributed by atoms with Crippen LogP contribution in [0, 0.1) is 0 Å². The van der Waals surface area contributed by atoms with Crippen LogP contribution >= 0.6 is 0 Å². The van der Waals surface area contributed by atoms with Gasteiger partial charge in [0.1, 0.15) is 0 Å². The molecular weight excluding hydrogens is 288 g/mol. The standard InChI is InChI=1S/C24H28/c1-5-17-18-13-9-10-14-20(18)24(8-4)22-16-12-11-15-21(22)23(24,7-3)19(17)6-2/h9-16H,5-8H2,1-4H3. The molecule has 24 heavy (non-hydrogen) atoms. The smallest absolute Gasteiger partial charge is 0.0343 e. The molecule has 2 aromatic carbocycles. The third kappa shape index (κ3) is 1.47. The molecule has 0 aliphatic heterocycles. The van der Waals surface area contributed by atoms with Gasteiger partial charge in [-0.15, -0.1) is 0 Å². The normalized spacial score (nSPS) is 27.2. The summed E-state index contributed by atoms with van der Waals surface area (Å²) in [7, 11) is 0. The van der Waals surface area contributed by atoms with Crippen molar-refractivity contribution in [3.63, 3.8) is 0 Å². The highest BCUT2D eigenvalue weighted by Crippen LogP contribution is 2.70. The largest absolute Gasteiger partial charge is 0.0642 e. The highest BCUT2D eigenvalue weighted by atomic mass is 14.7. The molecule has 2 aliphatic rings. The summed E-state index contributed by atoms with van der Waals surface area (Å²) in [4.78, 5) is 0. The fraction of sp³-hybridized carbons (Fsp3) is 0.417. The van der Waals surface area contributed by atoms with Crippen molar-refractivity contribution in [1.29, 1.82) is 0 Å². The minimum absolute atomic E-state index is 0.166. The molecule has 0 heterocycles. The molecule has 0 saturated heterocycles. The summed E-state index contributed by atoms with van der Waals surface area (Å²) in [5.74, 6) is 0. The van der Waals surface area contributed by atoms with Gasteiger partial charge in [-0.1, -0.05) is 81.8 Å². The monoisotopic (exact) mass is 316 g/mol. The van der Waals surface area contributed by atoms with Gasteiger partial charge in [-0.3, -0.25) is 0 Å². The topological polar surface area (TPSA) is 0 Å². The first-order valence-corrected chi connectivity index (χ1v) is 9.65. The molecule has 0 heteroatoms. The third-order valence-electron chi connectivity index (χ3n) is 6.93. The molecule has 0 amide bonds. The first-order chi connectivity index (χ1) is 11.7. The molecule has 0 aromatic heterocycles. The highest BCUT2D eigenvalue weighted by molar-refractivity contribution is 5.84. The Bertz CT molecular complexity index is 825. The van der Waals surface area contributed by atoms with Crippen LogP contribution in [0.3, 0.4) is 0 Å². The zero-order valence-electron chi connectivity index (χ0n) is 15.4. The van der Waals surface area contributed by atoms with Crippen LogP contribution in [0.2, 0.25) is 0 Å². The lowest BCUT2D eigenvalue weighted by Crippen LogP contribution is -2.61. The second-order valence-corrected chi connectivity index (χ2v) is 7.27. The van der Waals surface area contributed by atoms with Crippen molar-refractivity contribution in [3.8, 4) is 0 Å². The Labute approximate surface area is 146 Å². The van der Waals surface area contributed by atoms with Gasteiger partial charge in [0.05, 0.1) is 0 Å². The van der Waals surface area contributed by atoms with Crippen LogP contribution < -0.4 is 0 Å². The molecule has 2 aliphatic carbocycles. The van der Waals surface area contributed by atoms with Crippen LogP contribution in [0.5, 0.6) is 0 Å². The number of hydrogen-bond acceptors (Lipinski definition) is 0. The second kappa shape index (κ2) is 5.34. The number of allylic oxidation sites excluding steroid dienone is 2. The predicted molar refractivity (Wildman–Crippen MR) is 103 cm³/mol. The van der Waals surface area contributed by atoms with E-state index in [1.807, 2.05) is 0 Å². The Morgan fingerprint density at radius 3 is 1.71 bits per heavy atom. The zero-order valence-corrected chi connectivity index (χ0v) is 15.4. The van der Waals surface area contributed by atoms with E-state index >= 15 is 0 Å². The number of fused-ring (bicyclic) bond motifs is 6. The van der Waals surface area contributed by atoms with E-state index in [1.54, 1.807) is 27.8 Å².